The molecule has 0 radical (unpaired) electrons. The number of nitrogens with one attached hydrogen (secondary N) is 1. The summed E-state index contributed by atoms with van der Waals surface area (Å²) in [5.74, 6) is -8.15. The van der Waals surface area contributed by atoms with Gasteiger partial charge in [0.25, 0.3) is 17.4 Å². The van der Waals surface area contributed by atoms with Crippen molar-refractivity contribution < 1.29 is 62.7 Å². The van der Waals surface area contributed by atoms with Gasteiger partial charge in [0, 0.05) is 91.9 Å². The van der Waals surface area contributed by atoms with Crippen LogP contribution in [0.25, 0.3) is 16.5 Å². The number of ether oxygens (including phenoxy) is 6. The Morgan fingerprint density at radius 3 is 2.23 bits per heavy atom. The van der Waals surface area contributed by atoms with Gasteiger partial charge < -0.3 is 54.0 Å². The van der Waals surface area contributed by atoms with E-state index >= 15 is 0 Å². The maximum atomic E-state index is 14.6. The second kappa shape index (κ2) is 17.7. The van der Waals surface area contributed by atoms with E-state index in [4.69, 9.17) is 28.4 Å². The maximum Gasteiger partial charge on any atom is 0.312 e. The standard InChI is InChI=1S/C49H61N3O12/c1-25-15-14-16-26(2)47(58)50-37-38(52-22-17-32(18-23-52)51-20-12-13-21-51)41(56)34-35(40(37)55)39(54)28(4)45-36(34)46(57)49(10,64-45)60-24-19-33(59-11)27(3)43(61-31(7)53)30(6)44-29(5)42(25)62-48(8,9)63-44/h14-19,22-25,27,29-30,33,42-44H,12-13,20-21H2,1-11H3,(H3-,50,54,55,56,57,58)/b15-14+,24-19+,26-16-. The first kappa shape index (κ1) is 46.4. The number of methoxy groups -OCH3 is 1. The smallest absolute Gasteiger partial charge is 0.312 e. The predicted molar refractivity (Wildman–Crippen MR) is 236 cm³/mol. The maximum absolute atomic E-state index is 14.6. The van der Waals surface area contributed by atoms with Crippen LogP contribution >= 0.6 is 0 Å². The minimum absolute atomic E-state index is 0.0224. The zero-order valence-electron chi connectivity index (χ0n) is 38.5. The van der Waals surface area contributed by atoms with Crippen LogP contribution in [0.1, 0.15) is 91.1 Å². The van der Waals surface area contributed by atoms with E-state index in [1.165, 1.54) is 38.7 Å². The van der Waals surface area contributed by atoms with Crippen LogP contribution in [0.15, 0.2) is 60.7 Å². The molecule has 8 rings (SSSR count). The van der Waals surface area contributed by atoms with Gasteiger partial charge in [0.1, 0.15) is 11.9 Å². The van der Waals surface area contributed by atoms with Gasteiger partial charge in [0.05, 0.1) is 30.1 Å². The fourth-order valence-electron chi connectivity index (χ4n) is 9.78. The van der Waals surface area contributed by atoms with Crippen LogP contribution in [-0.2, 0) is 33.3 Å². The van der Waals surface area contributed by atoms with Crippen molar-refractivity contribution in [2.24, 2.45) is 23.7 Å². The van der Waals surface area contributed by atoms with Crippen molar-refractivity contribution in [3.63, 3.8) is 0 Å². The number of hydrogen-bond donors (Lipinski definition) is 3. The molecule has 2 saturated heterocycles. The molecule has 2 fully saturated rings. The van der Waals surface area contributed by atoms with Gasteiger partial charge in [-0.05, 0) is 52.2 Å². The molecule has 7 bridgehead atoms. The van der Waals surface area contributed by atoms with E-state index in [9.17, 15) is 29.7 Å². The zero-order chi connectivity index (χ0) is 46.6. The van der Waals surface area contributed by atoms with E-state index in [1.807, 2.05) is 59.8 Å². The van der Waals surface area contributed by atoms with Crippen molar-refractivity contribution in [1.29, 1.82) is 0 Å². The Bertz CT molecular complexity index is 2420. The third-order valence-corrected chi connectivity index (χ3v) is 13.2. The second-order valence-electron chi connectivity index (χ2n) is 18.3. The summed E-state index contributed by atoms with van der Waals surface area (Å²) < 4.78 is 38.9. The molecular formula is C49H61N3O12. The number of fused-ring (bicyclic) bond motifs is 10. The number of hydrogen-bond acceptors (Lipinski definition) is 13. The molecular weight excluding hydrogens is 823 g/mol. The molecule has 0 aliphatic carbocycles. The molecule has 15 heteroatoms. The largest absolute Gasteiger partial charge is 0.872 e. The van der Waals surface area contributed by atoms with E-state index in [-0.39, 0.29) is 68.5 Å². The summed E-state index contributed by atoms with van der Waals surface area (Å²) in [6, 6.07) is 3.71. The molecule has 9 atom stereocenters. The lowest BCUT2D eigenvalue weighted by Gasteiger charge is -2.50. The van der Waals surface area contributed by atoms with Crippen molar-refractivity contribution in [3.8, 4) is 28.7 Å². The minimum Gasteiger partial charge on any atom is -0.872 e. The van der Waals surface area contributed by atoms with Crippen LogP contribution in [0.2, 0.25) is 0 Å². The van der Waals surface area contributed by atoms with Gasteiger partial charge in [-0.1, -0.05) is 51.7 Å². The SMILES string of the molecule is COC1/C=C/OC2(C)Oc3c(C)c([O-])c4c(O)c(c(-[n+]5ccc(N6CCCC6)cc5)c(O)c4c3C2=O)NC(=O)/C(C)=C\C=C\C(C)C2OC(C)(C)OC(C2C)C(C)C(OC(C)=O)C1C. The van der Waals surface area contributed by atoms with E-state index in [0.717, 1.165) is 31.6 Å². The molecule has 3 aromatic rings. The van der Waals surface area contributed by atoms with Crippen LogP contribution in [-0.4, -0.2) is 84.1 Å². The molecule has 64 heavy (non-hydrogen) atoms. The third kappa shape index (κ3) is 8.40. The number of aromatic nitrogens is 1. The van der Waals surface area contributed by atoms with Crippen molar-refractivity contribution >= 4 is 39.8 Å². The number of carbonyl (C=O) groups is 3. The van der Waals surface area contributed by atoms with Gasteiger partial charge in [-0.3, -0.25) is 14.4 Å². The van der Waals surface area contributed by atoms with E-state index in [0.29, 0.717) is 0 Å². The number of pyridine rings is 1. The minimum atomic E-state index is -2.04. The highest BCUT2D eigenvalue weighted by Crippen LogP contribution is 2.55. The number of carbonyl (C=O) groups excluding carboxylic acids is 3. The fraction of sp³-hybridized carbons (Fsp3) is 0.510. The van der Waals surface area contributed by atoms with Gasteiger partial charge >= 0.3 is 11.8 Å². The first-order valence-corrected chi connectivity index (χ1v) is 22.0. The topological polar surface area (TPSA) is 189 Å². The molecule has 15 nitrogen and oxygen atoms in total. The summed E-state index contributed by atoms with van der Waals surface area (Å²) in [4.78, 5) is 43.6. The molecule has 5 aliphatic rings. The van der Waals surface area contributed by atoms with Crippen molar-refractivity contribution in [1.82, 2.24) is 0 Å². The number of rotatable bonds is 4. The van der Waals surface area contributed by atoms with E-state index in [2.05, 4.69) is 10.2 Å². The lowest BCUT2D eigenvalue weighted by Crippen LogP contribution is -2.56. The Morgan fingerprint density at radius 2 is 1.59 bits per heavy atom. The van der Waals surface area contributed by atoms with E-state index in [1.54, 1.807) is 37.5 Å². The molecule has 1 amide bonds. The molecule has 9 unspecified atom stereocenters. The van der Waals surface area contributed by atoms with Crippen LogP contribution in [0, 0.1) is 30.6 Å². The number of anilines is 2. The summed E-state index contributed by atoms with van der Waals surface area (Å²) in [6.45, 7) is 19.1. The molecule has 1 aromatic heterocycles. The number of aromatic hydroxyl groups is 2. The third-order valence-electron chi connectivity index (χ3n) is 13.2. The van der Waals surface area contributed by atoms with Crippen LogP contribution in [0.5, 0.6) is 23.0 Å². The molecule has 3 N–H and O–H groups in total. The fourth-order valence-corrected chi connectivity index (χ4v) is 9.78. The summed E-state index contributed by atoms with van der Waals surface area (Å²) in [5.41, 5.74) is 0.664. The number of allylic oxidation sites excluding steroid dienone is 2. The number of phenolic OH excluding ortho intramolecular Hbond substituents is 2. The summed E-state index contributed by atoms with van der Waals surface area (Å²) >= 11 is 0. The second-order valence-corrected chi connectivity index (χ2v) is 18.3. The predicted octanol–water partition coefficient (Wildman–Crippen LogP) is 6.80. The molecule has 5 aliphatic heterocycles. The number of benzene rings is 2. The van der Waals surface area contributed by atoms with Gasteiger partial charge in [-0.25, -0.2) is 0 Å². The number of nitrogens with zero attached hydrogens (tertiary/aromatic N) is 2. The molecule has 0 spiro atoms. The Morgan fingerprint density at radius 1 is 0.938 bits per heavy atom. The summed E-state index contributed by atoms with van der Waals surface area (Å²) in [6.07, 6.45) is 11.4. The number of phenols is 2. The van der Waals surface area contributed by atoms with Gasteiger partial charge in [-0.2, -0.15) is 4.57 Å². The number of amides is 1. The summed E-state index contributed by atoms with van der Waals surface area (Å²) in [7, 11) is 1.51. The van der Waals surface area contributed by atoms with Gasteiger partial charge in [-0.15, -0.1) is 0 Å². The highest BCUT2D eigenvalue weighted by molar-refractivity contribution is 6.22. The Kier molecular flexibility index (Phi) is 12.8. The molecule has 2 aromatic carbocycles. The Balaban J connectivity index is 1.41. The van der Waals surface area contributed by atoms with Crippen molar-refractivity contribution in [3.05, 3.63) is 71.8 Å². The molecule has 6 heterocycles. The highest BCUT2D eigenvalue weighted by Gasteiger charge is 2.51. The monoisotopic (exact) mass is 883 g/mol. The average molecular weight is 884 g/mol. The Labute approximate surface area is 374 Å². The zero-order valence-corrected chi connectivity index (χ0v) is 38.5. The van der Waals surface area contributed by atoms with Crippen LogP contribution in [0.4, 0.5) is 11.4 Å². The van der Waals surface area contributed by atoms with Gasteiger partial charge in [0.2, 0.25) is 0 Å². The first-order valence-electron chi connectivity index (χ1n) is 22.0. The molecule has 0 saturated carbocycles. The Hall–Kier alpha value is -5.64. The van der Waals surface area contributed by atoms with Crippen molar-refractivity contribution in [2.75, 3.05) is 30.4 Å². The summed E-state index contributed by atoms with van der Waals surface area (Å²) in [5, 5.41) is 40.9. The van der Waals surface area contributed by atoms with Crippen LogP contribution in [0.3, 0.4) is 0 Å². The average Bonchev–Trinajstić information content (AvgIpc) is 3.88. The highest BCUT2D eigenvalue weighted by atomic mass is 16.7. The number of esters is 1. The number of ketones is 1. The first-order chi connectivity index (χ1) is 30.2. The normalized spacial score (nSPS) is 31.5. The lowest BCUT2D eigenvalue weighted by atomic mass is 9.77. The lowest BCUT2D eigenvalue weighted by molar-refractivity contribution is -0.595. The number of Topliss-reactive ketones (excluding diaryl/α,β-unsaturated/α-hetero) is 1. The quantitative estimate of drug-likeness (QED) is 0.108. The van der Waals surface area contributed by atoms with Crippen LogP contribution < -0.4 is 24.6 Å². The molecule has 344 valence electrons. The van der Waals surface area contributed by atoms with Crippen molar-refractivity contribution in [2.45, 2.75) is 118 Å². The van der Waals surface area contributed by atoms with E-state index < -0.39 is 70.7 Å². The van der Waals surface area contributed by atoms with Gasteiger partial charge in [0.15, 0.2) is 35.4 Å².